The SMILES string of the molecule is NC1N=NC(CCN2C(=O)c3ccccc3C2=O)=CS1. The number of hydrogen-bond donors (Lipinski definition) is 1. The Hall–Kier alpha value is -1.99. The minimum Gasteiger partial charge on any atom is -0.299 e. The first-order valence-electron chi connectivity index (χ1n) is 6.13. The number of fused-ring (bicyclic) bond motifs is 1. The fourth-order valence-corrected chi connectivity index (χ4v) is 2.67. The average Bonchev–Trinajstić information content (AvgIpc) is 2.71. The van der Waals surface area contributed by atoms with Gasteiger partial charge in [-0.2, -0.15) is 10.2 Å². The van der Waals surface area contributed by atoms with E-state index in [4.69, 9.17) is 5.73 Å². The van der Waals surface area contributed by atoms with Gasteiger partial charge in [0.2, 0.25) is 0 Å². The maximum absolute atomic E-state index is 12.1. The lowest BCUT2D eigenvalue weighted by molar-refractivity contribution is 0.0656. The normalized spacial score (nSPS) is 21.1. The van der Waals surface area contributed by atoms with E-state index in [1.807, 2.05) is 5.41 Å². The highest BCUT2D eigenvalue weighted by molar-refractivity contribution is 8.02. The Bertz CT molecular complexity index is 606. The Balaban J connectivity index is 1.70. The number of nitrogens with zero attached hydrogens (tertiary/aromatic N) is 3. The van der Waals surface area contributed by atoms with E-state index < -0.39 is 0 Å². The van der Waals surface area contributed by atoms with Gasteiger partial charge < -0.3 is 0 Å². The number of rotatable bonds is 3. The third-order valence-electron chi connectivity index (χ3n) is 3.11. The van der Waals surface area contributed by atoms with Crippen molar-refractivity contribution in [1.29, 1.82) is 0 Å². The van der Waals surface area contributed by atoms with Gasteiger partial charge in [0.05, 0.1) is 16.8 Å². The third-order valence-corrected chi connectivity index (χ3v) is 3.89. The Morgan fingerprint density at radius 3 is 2.40 bits per heavy atom. The zero-order valence-corrected chi connectivity index (χ0v) is 11.3. The summed E-state index contributed by atoms with van der Waals surface area (Å²) in [5, 5.41) is 9.62. The summed E-state index contributed by atoms with van der Waals surface area (Å²) in [6, 6.07) is 6.85. The van der Waals surface area contributed by atoms with Gasteiger partial charge in [0.15, 0.2) is 5.50 Å². The quantitative estimate of drug-likeness (QED) is 0.861. The predicted octanol–water partition coefficient (Wildman–Crippen LogP) is 1.96. The van der Waals surface area contributed by atoms with E-state index in [1.54, 1.807) is 24.3 Å². The van der Waals surface area contributed by atoms with Crippen LogP contribution < -0.4 is 5.73 Å². The van der Waals surface area contributed by atoms with Crippen LogP contribution in [-0.4, -0.2) is 28.8 Å². The summed E-state index contributed by atoms with van der Waals surface area (Å²) in [7, 11) is 0. The molecule has 1 aromatic rings. The summed E-state index contributed by atoms with van der Waals surface area (Å²) < 4.78 is 0. The molecule has 2 heterocycles. The molecule has 1 atom stereocenters. The minimum atomic E-state index is -0.363. The molecule has 1 unspecified atom stereocenters. The molecule has 0 aromatic heterocycles. The van der Waals surface area contributed by atoms with Crippen molar-refractivity contribution in [2.75, 3.05) is 6.54 Å². The van der Waals surface area contributed by atoms with Crippen molar-refractivity contribution < 1.29 is 9.59 Å². The fraction of sp³-hybridized carbons (Fsp3) is 0.231. The highest BCUT2D eigenvalue weighted by Gasteiger charge is 2.34. The fourth-order valence-electron chi connectivity index (χ4n) is 2.11. The van der Waals surface area contributed by atoms with Crippen LogP contribution in [-0.2, 0) is 0 Å². The number of hydrogen-bond acceptors (Lipinski definition) is 6. The predicted molar refractivity (Wildman–Crippen MR) is 74.9 cm³/mol. The zero-order valence-electron chi connectivity index (χ0n) is 10.5. The molecule has 0 fully saturated rings. The van der Waals surface area contributed by atoms with Gasteiger partial charge in [-0.3, -0.25) is 20.2 Å². The van der Waals surface area contributed by atoms with Crippen LogP contribution in [0.1, 0.15) is 27.1 Å². The number of benzene rings is 1. The van der Waals surface area contributed by atoms with Crippen LogP contribution in [0.2, 0.25) is 0 Å². The van der Waals surface area contributed by atoms with Gasteiger partial charge in [-0.15, -0.1) is 0 Å². The maximum Gasteiger partial charge on any atom is 0.261 e. The van der Waals surface area contributed by atoms with Crippen LogP contribution in [0, 0.1) is 0 Å². The lowest BCUT2D eigenvalue weighted by Crippen LogP contribution is -2.31. The van der Waals surface area contributed by atoms with Gasteiger partial charge in [0.1, 0.15) is 0 Å². The first kappa shape index (κ1) is 13.0. The maximum atomic E-state index is 12.1. The summed E-state index contributed by atoms with van der Waals surface area (Å²) in [6.45, 7) is 0.299. The highest BCUT2D eigenvalue weighted by atomic mass is 32.2. The molecule has 6 nitrogen and oxygen atoms in total. The molecule has 1 aromatic carbocycles. The number of amides is 2. The van der Waals surface area contributed by atoms with E-state index in [2.05, 4.69) is 10.2 Å². The number of nitrogens with two attached hydrogens (primary N) is 1. The Morgan fingerprint density at radius 2 is 1.85 bits per heavy atom. The highest BCUT2D eigenvalue weighted by Crippen LogP contribution is 2.25. The van der Waals surface area contributed by atoms with E-state index >= 15 is 0 Å². The third kappa shape index (κ3) is 2.25. The van der Waals surface area contributed by atoms with Crippen molar-refractivity contribution >= 4 is 23.6 Å². The molecule has 0 spiro atoms. The van der Waals surface area contributed by atoms with Crippen molar-refractivity contribution in [2.45, 2.75) is 11.9 Å². The molecule has 2 N–H and O–H groups in total. The standard InChI is InChI=1S/C13H12N4O2S/c14-13-16-15-8(7-20-13)5-6-17-11(18)9-3-1-2-4-10(9)12(17)19/h1-4,7,13H,5-6,14H2. The molecule has 20 heavy (non-hydrogen) atoms. The Morgan fingerprint density at radius 1 is 1.20 bits per heavy atom. The molecule has 0 aliphatic carbocycles. The lowest BCUT2D eigenvalue weighted by Gasteiger charge is -2.15. The molecule has 2 amide bonds. The van der Waals surface area contributed by atoms with Crippen LogP contribution in [0.25, 0.3) is 0 Å². The second-order valence-corrected chi connectivity index (χ2v) is 5.40. The van der Waals surface area contributed by atoms with E-state index in [0.717, 1.165) is 5.70 Å². The van der Waals surface area contributed by atoms with E-state index in [1.165, 1.54) is 16.7 Å². The van der Waals surface area contributed by atoms with E-state index in [-0.39, 0.29) is 17.3 Å². The Kier molecular flexibility index (Phi) is 3.37. The number of carbonyl (C=O) groups excluding carboxylic acids is 2. The molecule has 0 radical (unpaired) electrons. The van der Waals surface area contributed by atoms with Gasteiger partial charge in [0, 0.05) is 13.0 Å². The molecule has 102 valence electrons. The van der Waals surface area contributed by atoms with Crippen molar-refractivity contribution in [3.63, 3.8) is 0 Å². The van der Waals surface area contributed by atoms with Gasteiger partial charge in [0.25, 0.3) is 11.8 Å². The van der Waals surface area contributed by atoms with Crippen LogP contribution in [0.5, 0.6) is 0 Å². The number of carbonyl (C=O) groups is 2. The zero-order chi connectivity index (χ0) is 14.1. The van der Waals surface area contributed by atoms with Crippen molar-refractivity contribution in [2.24, 2.45) is 16.0 Å². The Labute approximate surface area is 119 Å². The van der Waals surface area contributed by atoms with Crippen molar-refractivity contribution in [3.05, 3.63) is 46.5 Å². The molecule has 0 saturated carbocycles. The monoisotopic (exact) mass is 288 g/mol. The molecular formula is C13H12N4O2S. The summed E-state index contributed by atoms with van der Waals surface area (Å²) >= 11 is 1.36. The van der Waals surface area contributed by atoms with E-state index in [0.29, 0.717) is 24.1 Å². The summed E-state index contributed by atoms with van der Waals surface area (Å²) in [5.74, 6) is -0.494. The molecular weight excluding hydrogens is 276 g/mol. The second kappa shape index (κ2) is 5.18. The topological polar surface area (TPSA) is 88.1 Å². The summed E-state index contributed by atoms with van der Waals surface area (Å²) in [5.41, 5.74) is 6.85. The number of imide groups is 1. The van der Waals surface area contributed by atoms with Crippen molar-refractivity contribution in [1.82, 2.24) is 4.90 Å². The first-order valence-corrected chi connectivity index (χ1v) is 7.07. The summed E-state index contributed by atoms with van der Waals surface area (Å²) in [4.78, 5) is 25.5. The summed E-state index contributed by atoms with van der Waals surface area (Å²) in [6.07, 6.45) is 0.481. The van der Waals surface area contributed by atoms with E-state index in [9.17, 15) is 9.59 Å². The van der Waals surface area contributed by atoms with Gasteiger partial charge in [-0.1, -0.05) is 23.9 Å². The minimum absolute atomic E-state index is 0.247. The smallest absolute Gasteiger partial charge is 0.261 e. The van der Waals surface area contributed by atoms with Crippen molar-refractivity contribution in [3.8, 4) is 0 Å². The second-order valence-electron chi connectivity index (χ2n) is 4.41. The van der Waals surface area contributed by atoms with Crippen LogP contribution in [0.3, 0.4) is 0 Å². The molecule has 2 aliphatic rings. The molecule has 0 bridgehead atoms. The van der Waals surface area contributed by atoms with Gasteiger partial charge in [-0.25, -0.2) is 0 Å². The van der Waals surface area contributed by atoms with Crippen LogP contribution >= 0.6 is 11.8 Å². The molecule has 0 saturated heterocycles. The number of azo groups is 1. The first-order chi connectivity index (χ1) is 9.66. The van der Waals surface area contributed by atoms with Gasteiger partial charge in [-0.05, 0) is 17.5 Å². The average molecular weight is 288 g/mol. The largest absolute Gasteiger partial charge is 0.299 e. The van der Waals surface area contributed by atoms with Gasteiger partial charge >= 0.3 is 0 Å². The lowest BCUT2D eigenvalue weighted by atomic mass is 10.1. The number of thioether (sulfide) groups is 1. The molecule has 3 rings (SSSR count). The molecule has 7 heteroatoms. The molecule has 2 aliphatic heterocycles. The van der Waals surface area contributed by atoms with Crippen LogP contribution in [0.15, 0.2) is 45.6 Å². The van der Waals surface area contributed by atoms with Crippen LogP contribution in [0.4, 0.5) is 0 Å².